The van der Waals surface area contributed by atoms with Gasteiger partial charge in [0.05, 0.1) is 23.8 Å². The van der Waals surface area contributed by atoms with E-state index < -0.39 is 0 Å². The molecule has 2 aromatic heterocycles. The van der Waals surface area contributed by atoms with Crippen LogP contribution in [0.2, 0.25) is 0 Å². The normalized spacial score (nSPS) is 18.4. The quantitative estimate of drug-likeness (QED) is 0.912. The van der Waals surface area contributed by atoms with Crippen LogP contribution in [0.5, 0.6) is 0 Å². The number of aromatic nitrogens is 3. The Morgan fingerprint density at radius 1 is 1.65 bits per heavy atom. The van der Waals surface area contributed by atoms with Gasteiger partial charge in [0, 0.05) is 12.4 Å². The molecule has 0 bridgehead atoms. The van der Waals surface area contributed by atoms with Gasteiger partial charge in [0.15, 0.2) is 0 Å². The monoisotopic (exact) mass is 293 g/mol. The maximum atomic E-state index is 12.2. The number of nitrogens with zero attached hydrogens (tertiary/aromatic N) is 4. The van der Waals surface area contributed by atoms with Crippen molar-refractivity contribution < 1.29 is 9.32 Å². The smallest absolute Gasteiger partial charge is 0.295 e. The molecule has 3 rings (SSSR count). The number of hydrogen-bond acceptors (Lipinski definition) is 7. The highest BCUT2D eigenvalue weighted by Crippen LogP contribution is 2.21. The van der Waals surface area contributed by atoms with Crippen LogP contribution in [-0.4, -0.2) is 39.5 Å². The predicted octanol–water partition coefficient (Wildman–Crippen LogP) is 1.22. The summed E-state index contributed by atoms with van der Waals surface area (Å²) in [5.41, 5.74) is 2.60. The molecule has 1 saturated heterocycles. The molecule has 3 heterocycles. The molecule has 0 aromatic carbocycles. The van der Waals surface area contributed by atoms with E-state index in [0.29, 0.717) is 12.4 Å². The van der Waals surface area contributed by atoms with E-state index in [0.717, 1.165) is 25.1 Å². The second-order valence-electron chi connectivity index (χ2n) is 4.75. The third-order valence-electron chi connectivity index (χ3n) is 3.22. The molecule has 1 fully saturated rings. The van der Waals surface area contributed by atoms with E-state index in [1.54, 1.807) is 12.6 Å². The van der Waals surface area contributed by atoms with Crippen LogP contribution in [0.1, 0.15) is 41.1 Å². The summed E-state index contributed by atoms with van der Waals surface area (Å²) in [5, 5.41) is 8.95. The Morgan fingerprint density at radius 3 is 3.25 bits per heavy atom. The predicted molar refractivity (Wildman–Crippen MR) is 72.2 cm³/mol. The molecule has 1 aliphatic heterocycles. The van der Waals surface area contributed by atoms with Crippen LogP contribution in [0, 0.1) is 0 Å². The summed E-state index contributed by atoms with van der Waals surface area (Å²) in [6.07, 6.45) is 2.05. The van der Waals surface area contributed by atoms with Crippen LogP contribution < -0.4 is 5.32 Å². The van der Waals surface area contributed by atoms with Crippen molar-refractivity contribution in [2.45, 2.75) is 25.4 Å². The van der Waals surface area contributed by atoms with Crippen molar-refractivity contribution in [3.63, 3.8) is 0 Å². The van der Waals surface area contributed by atoms with Crippen molar-refractivity contribution in [3.8, 4) is 0 Å². The molecular weight excluding hydrogens is 278 g/mol. The zero-order valence-electron chi connectivity index (χ0n) is 11.1. The topological polar surface area (TPSA) is 84.2 Å². The lowest BCUT2D eigenvalue weighted by molar-refractivity contribution is 0.0768. The highest BCUT2D eigenvalue weighted by molar-refractivity contribution is 7.07. The van der Waals surface area contributed by atoms with E-state index in [2.05, 4.69) is 20.4 Å². The molecule has 2 aromatic rings. The van der Waals surface area contributed by atoms with Gasteiger partial charge in [0.2, 0.25) is 5.89 Å². The Labute approximate surface area is 120 Å². The van der Waals surface area contributed by atoms with Gasteiger partial charge in [-0.25, -0.2) is 4.98 Å². The van der Waals surface area contributed by atoms with Gasteiger partial charge in [-0.15, -0.1) is 11.3 Å². The molecule has 106 valence electrons. The van der Waals surface area contributed by atoms with Crippen molar-refractivity contribution in [2.24, 2.45) is 0 Å². The highest BCUT2D eigenvalue weighted by atomic mass is 32.1. The first kappa shape index (κ1) is 13.2. The van der Waals surface area contributed by atoms with Gasteiger partial charge < -0.3 is 14.7 Å². The lowest BCUT2D eigenvalue weighted by Gasteiger charge is -2.12. The number of amides is 1. The van der Waals surface area contributed by atoms with Crippen LogP contribution >= 0.6 is 11.3 Å². The van der Waals surface area contributed by atoms with E-state index in [4.69, 9.17) is 4.52 Å². The SMILES string of the molecule is CN(Cc1cscn1)C(=O)c1noc(C2CCCN2)n1. The standard InChI is InChI=1S/C12H15N5O2S/c1-17(5-8-6-20-7-14-8)12(18)10-15-11(19-16-10)9-3-2-4-13-9/h6-7,9,13H,2-5H2,1H3. The number of hydrogen-bond donors (Lipinski definition) is 1. The van der Waals surface area contributed by atoms with Gasteiger partial charge in [-0.05, 0) is 19.4 Å². The first-order chi connectivity index (χ1) is 9.74. The molecule has 1 amide bonds. The van der Waals surface area contributed by atoms with Gasteiger partial charge in [0.1, 0.15) is 0 Å². The minimum atomic E-state index is -0.258. The average molecular weight is 293 g/mol. The zero-order valence-corrected chi connectivity index (χ0v) is 11.9. The molecule has 0 radical (unpaired) electrons. The maximum Gasteiger partial charge on any atom is 0.295 e. The van der Waals surface area contributed by atoms with Gasteiger partial charge >= 0.3 is 0 Å². The summed E-state index contributed by atoms with van der Waals surface area (Å²) < 4.78 is 5.17. The molecule has 1 unspecified atom stereocenters. The molecule has 7 nitrogen and oxygen atoms in total. The van der Waals surface area contributed by atoms with E-state index >= 15 is 0 Å². The van der Waals surface area contributed by atoms with Crippen LogP contribution in [0.25, 0.3) is 0 Å². The Kier molecular flexibility index (Phi) is 3.75. The van der Waals surface area contributed by atoms with Crippen LogP contribution in [0.4, 0.5) is 0 Å². The molecule has 8 heteroatoms. The lowest BCUT2D eigenvalue weighted by Crippen LogP contribution is -2.27. The largest absolute Gasteiger partial charge is 0.337 e. The van der Waals surface area contributed by atoms with Crippen LogP contribution in [-0.2, 0) is 6.54 Å². The minimum absolute atomic E-state index is 0.0768. The molecule has 1 aliphatic rings. The number of thiazole rings is 1. The van der Waals surface area contributed by atoms with Crippen molar-refractivity contribution in [1.29, 1.82) is 0 Å². The molecule has 0 spiro atoms. The molecule has 1 N–H and O–H groups in total. The number of carbonyl (C=O) groups excluding carboxylic acids is 1. The van der Waals surface area contributed by atoms with E-state index in [-0.39, 0.29) is 17.8 Å². The summed E-state index contributed by atoms with van der Waals surface area (Å²) >= 11 is 1.50. The molecule has 20 heavy (non-hydrogen) atoms. The van der Waals surface area contributed by atoms with Crippen molar-refractivity contribution >= 4 is 17.2 Å². The molecular formula is C12H15N5O2S. The Morgan fingerprint density at radius 2 is 2.55 bits per heavy atom. The third-order valence-corrected chi connectivity index (χ3v) is 3.86. The Balaban J connectivity index is 1.67. The fraction of sp³-hybridized carbons (Fsp3) is 0.500. The second-order valence-corrected chi connectivity index (χ2v) is 5.46. The minimum Gasteiger partial charge on any atom is -0.337 e. The Hall–Kier alpha value is -1.80. The number of rotatable bonds is 4. The summed E-state index contributed by atoms with van der Waals surface area (Å²) in [4.78, 5) is 22.1. The lowest BCUT2D eigenvalue weighted by atomic mass is 10.2. The van der Waals surface area contributed by atoms with Gasteiger partial charge in [-0.3, -0.25) is 4.79 Å². The number of carbonyl (C=O) groups is 1. The molecule has 0 aliphatic carbocycles. The maximum absolute atomic E-state index is 12.2. The fourth-order valence-electron chi connectivity index (χ4n) is 2.16. The summed E-state index contributed by atoms with van der Waals surface area (Å²) in [7, 11) is 1.70. The summed E-state index contributed by atoms with van der Waals surface area (Å²) in [5.74, 6) is 0.338. The molecule has 1 atom stereocenters. The highest BCUT2D eigenvalue weighted by Gasteiger charge is 2.25. The third kappa shape index (κ3) is 2.70. The van der Waals surface area contributed by atoms with Gasteiger partial charge in [0.25, 0.3) is 11.7 Å². The van der Waals surface area contributed by atoms with E-state index in [1.807, 2.05) is 5.38 Å². The van der Waals surface area contributed by atoms with Crippen LogP contribution in [0.3, 0.4) is 0 Å². The first-order valence-corrected chi connectivity index (χ1v) is 7.38. The fourth-order valence-corrected chi connectivity index (χ4v) is 2.71. The van der Waals surface area contributed by atoms with E-state index in [1.165, 1.54) is 16.2 Å². The van der Waals surface area contributed by atoms with E-state index in [9.17, 15) is 4.79 Å². The van der Waals surface area contributed by atoms with Gasteiger partial charge in [-0.2, -0.15) is 4.98 Å². The van der Waals surface area contributed by atoms with Crippen molar-refractivity contribution in [2.75, 3.05) is 13.6 Å². The van der Waals surface area contributed by atoms with Gasteiger partial charge in [-0.1, -0.05) is 5.16 Å². The Bertz CT molecular complexity index is 576. The van der Waals surface area contributed by atoms with Crippen LogP contribution in [0.15, 0.2) is 15.4 Å². The first-order valence-electron chi connectivity index (χ1n) is 6.43. The number of nitrogens with one attached hydrogen (secondary N) is 1. The van der Waals surface area contributed by atoms with Crippen molar-refractivity contribution in [1.82, 2.24) is 25.3 Å². The molecule has 0 saturated carbocycles. The summed E-state index contributed by atoms with van der Waals surface area (Å²) in [6, 6.07) is 0.0768. The van der Waals surface area contributed by atoms with Crippen molar-refractivity contribution in [3.05, 3.63) is 28.3 Å². The second kappa shape index (κ2) is 5.68. The zero-order chi connectivity index (χ0) is 13.9. The average Bonchev–Trinajstić information content (AvgIpc) is 3.18. The summed E-state index contributed by atoms with van der Waals surface area (Å²) in [6.45, 7) is 1.38.